The molecule has 0 radical (unpaired) electrons. The lowest BCUT2D eigenvalue weighted by molar-refractivity contribution is 0.578. The highest BCUT2D eigenvalue weighted by Crippen LogP contribution is 2.21. The maximum atomic E-state index is 11.0. The quantitative estimate of drug-likeness (QED) is 0.899. The number of rotatable bonds is 5. The molecule has 0 aromatic heterocycles. The minimum absolute atomic E-state index is 0.168. The lowest BCUT2D eigenvalue weighted by Gasteiger charge is -2.28. The molecule has 1 aliphatic heterocycles. The van der Waals surface area contributed by atoms with Crippen LogP contribution < -0.4 is 10.2 Å². The Kier molecular flexibility index (Phi) is 4.69. The molecule has 0 unspecified atom stereocenters. The SMILES string of the molecule is CS(=O)(=O)CCNc1ccc(N2CCCCC2)cc1. The highest BCUT2D eigenvalue weighted by Gasteiger charge is 2.10. The first-order valence-corrected chi connectivity index (χ1v) is 8.87. The lowest BCUT2D eigenvalue weighted by atomic mass is 10.1. The number of hydrogen-bond acceptors (Lipinski definition) is 4. The molecule has 1 fully saturated rings. The first-order valence-electron chi connectivity index (χ1n) is 6.81. The average Bonchev–Trinajstić information content (AvgIpc) is 2.39. The van der Waals surface area contributed by atoms with Crippen LogP contribution in [0.1, 0.15) is 19.3 Å². The molecule has 5 heteroatoms. The van der Waals surface area contributed by atoms with Crippen LogP contribution in [-0.4, -0.2) is 40.1 Å². The molecular weight excluding hydrogens is 260 g/mol. The van der Waals surface area contributed by atoms with Crippen LogP contribution in [0.2, 0.25) is 0 Å². The molecule has 0 saturated carbocycles. The molecule has 2 rings (SSSR count). The van der Waals surface area contributed by atoms with Gasteiger partial charge in [0.2, 0.25) is 0 Å². The molecular formula is C14H22N2O2S. The predicted molar refractivity (Wildman–Crippen MR) is 80.7 cm³/mol. The summed E-state index contributed by atoms with van der Waals surface area (Å²) in [6, 6.07) is 8.25. The number of hydrogen-bond donors (Lipinski definition) is 1. The Labute approximate surface area is 115 Å². The highest BCUT2D eigenvalue weighted by atomic mass is 32.2. The van der Waals surface area contributed by atoms with Gasteiger partial charge in [0, 0.05) is 37.3 Å². The molecule has 1 saturated heterocycles. The third-order valence-corrected chi connectivity index (χ3v) is 4.34. The Morgan fingerprint density at radius 3 is 2.32 bits per heavy atom. The van der Waals surface area contributed by atoms with E-state index in [4.69, 9.17) is 0 Å². The molecule has 1 N–H and O–H groups in total. The van der Waals surface area contributed by atoms with E-state index >= 15 is 0 Å². The fourth-order valence-corrected chi connectivity index (χ4v) is 2.80. The molecule has 0 bridgehead atoms. The Hall–Kier alpha value is -1.23. The van der Waals surface area contributed by atoms with Gasteiger partial charge in [0.15, 0.2) is 0 Å². The fraction of sp³-hybridized carbons (Fsp3) is 0.571. The van der Waals surface area contributed by atoms with Crippen LogP contribution in [-0.2, 0) is 9.84 Å². The Morgan fingerprint density at radius 1 is 1.11 bits per heavy atom. The Morgan fingerprint density at radius 2 is 1.74 bits per heavy atom. The molecule has 1 aromatic carbocycles. The van der Waals surface area contributed by atoms with Crippen LogP contribution in [0.25, 0.3) is 0 Å². The van der Waals surface area contributed by atoms with Gasteiger partial charge in [-0.3, -0.25) is 0 Å². The van der Waals surface area contributed by atoms with E-state index in [2.05, 4.69) is 22.3 Å². The van der Waals surface area contributed by atoms with Gasteiger partial charge in [-0.1, -0.05) is 0 Å². The van der Waals surface area contributed by atoms with Gasteiger partial charge in [-0.25, -0.2) is 8.42 Å². The van der Waals surface area contributed by atoms with E-state index in [9.17, 15) is 8.42 Å². The molecule has 0 amide bonds. The van der Waals surface area contributed by atoms with Crippen molar-refractivity contribution >= 4 is 21.2 Å². The number of sulfone groups is 1. The summed E-state index contributed by atoms with van der Waals surface area (Å²) in [4.78, 5) is 2.41. The van der Waals surface area contributed by atoms with Gasteiger partial charge in [-0.15, -0.1) is 0 Å². The van der Waals surface area contributed by atoms with Gasteiger partial charge >= 0.3 is 0 Å². The number of nitrogens with one attached hydrogen (secondary N) is 1. The molecule has 0 aliphatic carbocycles. The second-order valence-electron chi connectivity index (χ2n) is 5.15. The van der Waals surface area contributed by atoms with E-state index in [1.54, 1.807) is 0 Å². The number of anilines is 2. The van der Waals surface area contributed by atoms with Crippen molar-refractivity contribution in [3.05, 3.63) is 24.3 Å². The predicted octanol–water partition coefficient (Wildman–Crippen LogP) is 2.13. The zero-order chi connectivity index (χ0) is 13.7. The number of nitrogens with zero attached hydrogens (tertiary/aromatic N) is 1. The third kappa shape index (κ3) is 4.74. The van der Waals surface area contributed by atoms with Crippen LogP contribution in [0.4, 0.5) is 11.4 Å². The van der Waals surface area contributed by atoms with Crippen LogP contribution in [0.5, 0.6) is 0 Å². The lowest BCUT2D eigenvalue weighted by Crippen LogP contribution is -2.29. The van der Waals surface area contributed by atoms with E-state index in [1.165, 1.54) is 31.2 Å². The van der Waals surface area contributed by atoms with Crippen molar-refractivity contribution in [3.63, 3.8) is 0 Å². The number of piperidine rings is 1. The van der Waals surface area contributed by atoms with Crippen LogP contribution in [0.3, 0.4) is 0 Å². The van der Waals surface area contributed by atoms with Crippen LogP contribution in [0.15, 0.2) is 24.3 Å². The van der Waals surface area contributed by atoms with E-state index in [1.807, 2.05) is 12.1 Å². The van der Waals surface area contributed by atoms with Crippen molar-refractivity contribution in [3.8, 4) is 0 Å². The summed E-state index contributed by atoms with van der Waals surface area (Å²) >= 11 is 0. The fourth-order valence-electron chi connectivity index (χ4n) is 2.32. The second-order valence-corrected chi connectivity index (χ2v) is 7.41. The van der Waals surface area contributed by atoms with Crippen LogP contribution in [0, 0.1) is 0 Å². The zero-order valence-corrected chi connectivity index (χ0v) is 12.2. The van der Waals surface area contributed by atoms with Gasteiger partial charge in [-0.05, 0) is 43.5 Å². The van der Waals surface area contributed by atoms with Crippen molar-refractivity contribution in [2.75, 3.05) is 41.9 Å². The van der Waals surface area contributed by atoms with Crippen molar-refractivity contribution in [2.24, 2.45) is 0 Å². The molecule has 1 aliphatic rings. The van der Waals surface area contributed by atoms with Gasteiger partial charge in [0.05, 0.1) is 5.75 Å². The summed E-state index contributed by atoms with van der Waals surface area (Å²) in [5.74, 6) is 0.168. The maximum absolute atomic E-state index is 11.0. The summed E-state index contributed by atoms with van der Waals surface area (Å²) in [7, 11) is -2.89. The van der Waals surface area contributed by atoms with E-state index < -0.39 is 9.84 Å². The summed E-state index contributed by atoms with van der Waals surface area (Å²) in [5.41, 5.74) is 2.23. The molecule has 0 atom stereocenters. The minimum Gasteiger partial charge on any atom is -0.384 e. The first kappa shape index (κ1) is 14.2. The third-order valence-electron chi connectivity index (χ3n) is 3.39. The normalized spacial score (nSPS) is 16.4. The topological polar surface area (TPSA) is 49.4 Å². The molecule has 19 heavy (non-hydrogen) atoms. The van der Waals surface area contributed by atoms with Gasteiger partial charge in [-0.2, -0.15) is 0 Å². The van der Waals surface area contributed by atoms with Crippen molar-refractivity contribution in [1.82, 2.24) is 0 Å². The van der Waals surface area contributed by atoms with E-state index in [-0.39, 0.29) is 5.75 Å². The maximum Gasteiger partial charge on any atom is 0.149 e. The van der Waals surface area contributed by atoms with Crippen molar-refractivity contribution in [2.45, 2.75) is 19.3 Å². The van der Waals surface area contributed by atoms with Gasteiger partial charge < -0.3 is 10.2 Å². The largest absolute Gasteiger partial charge is 0.384 e. The molecule has 1 aromatic rings. The minimum atomic E-state index is -2.89. The van der Waals surface area contributed by atoms with Crippen molar-refractivity contribution < 1.29 is 8.42 Å². The summed E-state index contributed by atoms with van der Waals surface area (Å²) in [6.45, 7) is 2.74. The zero-order valence-electron chi connectivity index (χ0n) is 11.4. The van der Waals surface area contributed by atoms with E-state index in [0.717, 1.165) is 18.8 Å². The first-order chi connectivity index (χ1) is 9.04. The summed E-state index contributed by atoms with van der Waals surface area (Å²) in [6.07, 6.45) is 5.14. The van der Waals surface area contributed by atoms with Gasteiger partial charge in [0.25, 0.3) is 0 Å². The van der Waals surface area contributed by atoms with Crippen LogP contribution >= 0.6 is 0 Å². The average molecular weight is 282 g/mol. The summed E-state index contributed by atoms with van der Waals surface area (Å²) in [5, 5.41) is 3.13. The molecule has 106 valence electrons. The smallest absolute Gasteiger partial charge is 0.149 e. The Balaban J connectivity index is 1.87. The highest BCUT2D eigenvalue weighted by molar-refractivity contribution is 7.90. The Bertz CT molecular complexity index is 491. The molecule has 0 spiro atoms. The van der Waals surface area contributed by atoms with E-state index in [0.29, 0.717) is 6.54 Å². The standard InChI is InChI=1S/C14H22N2O2S/c1-19(17,18)12-9-15-13-5-7-14(8-6-13)16-10-3-2-4-11-16/h5-8,15H,2-4,9-12H2,1H3. The number of benzene rings is 1. The monoisotopic (exact) mass is 282 g/mol. The molecule has 4 nitrogen and oxygen atoms in total. The molecule has 1 heterocycles. The summed E-state index contributed by atoms with van der Waals surface area (Å²) < 4.78 is 22.1. The van der Waals surface area contributed by atoms with Gasteiger partial charge in [0.1, 0.15) is 9.84 Å². The van der Waals surface area contributed by atoms with Crippen molar-refractivity contribution in [1.29, 1.82) is 0 Å². The second kappa shape index (κ2) is 6.28.